The van der Waals surface area contributed by atoms with Gasteiger partial charge in [-0.1, -0.05) is 83.0 Å². The second-order valence-electron chi connectivity index (χ2n) is 10.2. The van der Waals surface area contributed by atoms with Crippen LogP contribution in [0.1, 0.15) is 65.0 Å². The number of amides is 2. The van der Waals surface area contributed by atoms with Crippen LogP contribution >= 0.6 is 11.6 Å². The van der Waals surface area contributed by atoms with Crippen molar-refractivity contribution in [2.45, 2.75) is 71.9 Å². The second kappa shape index (κ2) is 13.3. The lowest BCUT2D eigenvalue weighted by molar-refractivity contribution is -0.140. The highest BCUT2D eigenvalue weighted by atomic mass is 35.5. The van der Waals surface area contributed by atoms with Gasteiger partial charge < -0.3 is 10.2 Å². The van der Waals surface area contributed by atoms with Crippen molar-refractivity contribution in [3.63, 3.8) is 0 Å². The van der Waals surface area contributed by atoms with Crippen LogP contribution in [-0.4, -0.2) is 50.5 Å². The Kier molecular flexibility index (Phi) is 11.0. The van der Waals surface area contributed by atoms with E-state index in [0.717, 1.165) is 29.0 Å². The summed E-state index contributed by atoms with van der Waals surface area (Å²) >= 11 is 6.38. The van der Waals surface area contributed by atoms with Gasteiger partial charge >= 0.3 is 0 Å². The van der Waals surface area contributed by atoms with Crippen LogP contribution in [-0.2, 0) is 31.6 Å². The Balaban J connectivity index is 2.43. The summed E-state index contributed by atoms with van der Waals surface area (Å²) in [6.07, 6.45) is 3.20. The molecule has 0 fully saturated rings. The summed E-state index contributed by atoms with van der Waals surface area (Å²) < 4.78 is 26.7. The number of sulfonamides is 1. The maximum atomic E-state index is 13.7. The van der Waals surface area contributed by atoms with E-state index in [1.165, 1.54) is 4.90 Å². The highest BCUT2D eigenvalue weighted by Gasteiger charge is 2.32. The number of carbonyl (C=O) groups excluding carboxylic acids is 2. The van der Waals surface area contributed by atoms with Gasteiger partial charge in [-0.2, -0.15) is 0 Å². The van der Waals surface area contributed by atoms with Gasteiger partial charge in [-0.05, 0) is 47.6 Å². The molecule has 2 amide bonds. The van der Waals surface area contributed by atoms with Crippen molar-refractivity contribution >= 4 is 39.1 Å². The molecule has 0 saturated carbocycles. The number of unbranched alkanes of at least 4 members (excludes halogenated alkanes) is 1. The normalized spacial score (nSPS) is 12.6. The van der Waals surface area contributed by atoms with Crippen molar-refractivity contribution in [3.8, 4) is 0 Å². The maximum absolute atomic E-state index is 13.7. The Morgan fingerprint density at radius 3 is 2.16 bits per heavy atom. The molecule has 204 valence electrons. The highest BCUT2D eigenvalue weighted by Crippen LogP contribution is 2.27. The third-order valence-corrected chi connectivity index (χ3v) is 7.72. The van der Waals surface area contributed by atoms with Crippen LogP contribution in [0, 0.1) is 0 Å². The molecule has 37 heavy (non-hydrogen) atoms. The topological polar surface area (TPSA) is 86.8 Å². The molecule has 1 atom stereocenters. The van der Waals surface area contributed by atoms with Crippen molar-refractivity contribution in [2.75, 3.05) is 23.7 Å². The highest BCUT2D eigenvalue weighted by molar-refractivity contribution is 7.92. The molecule has 9 heteroatoms. The van der Waals surface area contributed by atoms with Crippen LogP contribution in [0.25, 0.3) is 0 Å². The summed E-state index contributed by atoms with van der Waals surface area (Å²) in [5.74, 6) is -0.750. The second-order valence-corrected chi connectivity index (χ2v) is 12.6. The van der Waals surface area contributed by atoms with E-state index in [0.29, 0.717) is 29.2 Å². The molecular weight excluding hydrogens is 510 g/mol. The summed E-state index contributed by atoms with van der Waals surface area (Å²) in [5, 5.41) is 3.38. The summed E-state index contributed by atoms with van der Waals surface area (Å²) in [7, 11) is -3.79. The fourth-order valence-corrected chi connectivity index (χ4v) is 5.02. The van der Waals surface area contributed by atoms with E-state index in [9.17, 15) is 18.0 Å². The fourth-order valence-electron chi connectivity index (χ4n) is 3.98. The van der Waals surface area contributed by atoms with Crippen LogP contribution in [0.2, 0.25) is 5.02 Å². The predicted octanol–water partition coefficient (Wildman–Crippen LogP) is 5.13. The number of carbonyl (C=O) groups is 2. The lowest BCUT2D eigenvalue weighted by Crippen LogP contribution is -2.52. The largest absolute Gasteiger partial charge is 0.354 e. The van der Waals surface area contributed by atoms with Gasteiger partial charge in [0.1, 0.15) is 12.6 Å². The van der Waals surface area contributed by atoms with E-state index in [1.54, 1.807) is 30.3 Å². The fraction of sp³-hybridized carbons (Fsp3) is 0.500. The van der Waals surface area contributed by atoms with Gasteiger partial charge in [0, 0.05) is 18.1 Å². The van der Waals surface area contributed by atoms with Crippen molar-refractivity contribution in [1.29, 1.82) is 0 Å². The monoisotopic (exact) mass is 549 g/mol. The smallest absolute Gasteiger partial charge is 0.244 e. The number of halogens is 1. The average Bonchev–Trinajstić information content (AvgIpc) is 2.82. The SMILES string of the molecule is CCCCNC(=O)[C@H](CC)N(Cc1ccccc1Cl)C(=O)CN(c1ccc(C(C)(C)C)cc1)S(C)(=O)=O. The molecule has 0 bridgehead atoms. The van der Waals surface area contributed by atoms with Gasteiger partial charge in [-0.3, -0.25) is 13.9 Å². The first-order valence-electron chi connectivity index (χ1n) is 12.7. The van der Waals surface area contributed by atoms with Crippen LogP contribution in [0.4, 0.5) is 5.69 Å². The van der Waals surface area contributed by atoms with E-state index in [2.05, 4.69) is 26.1 Å². The zero-order valence-electron chi connectivity index (χ0n) is 22.8. The first kappa shape index (κ1) is 30.6. The van der Waals surface area contributed by atoms with Crippen LogP contribution in [0.3, 0.4) is 0 Å². The average molecular weight is 550 g/mol. The number of nitrogens with one attached hydrogen (secondary N) is 1. The molecule has 0 spiro atoms. The molecule has 0 aliphatic rings. The molecule has 0 aliphatic carbocycles. The van der Waals surface area contributed by atoms with Crippen molar-refractivity contribution in [3.05, 3.63) is 64.7 Å². The molecule has 0 radical (unpaired) electrons. The van der Waals surface area contributed by atoms with Gasteiger partial charge in [-0.25, -0.2) is 8.42 Å². The molecule has 2 rings (SSSR count). The standard InChI is InChI=1S/C28H40ClN3O4S/c1-7-9-18-30-27(34)25(8-2)31(19-21-12-10-11-13-24(21)29)26(33)20-32(37(6,35)36)23-16-14-22(15-17-23)28(3,4)5/h10-17,25H,7-9,18-20H2,1-6H3,(H,30,34)/t25-/m0/s1. The van der Waals surface area contributed by atoms with Crippen LogP contribution < -0.4 is 9.62 Å². The molecule has 2 aromatic carbocycles. The lowest BCUT2D eigenvalue weighted by Gasteiger charge is -2.33. The molecule has 0 heterocycles. The van der Waals surface area contributed by atoms with Crippen LogP contribution in [0.15, 0.2) is 48.5 Å². The Hall–Kier alpha value is -2.58. The number of benzene rings is 2. The zero-order valence-corrected chi connectivity index (χ0v) is 24.3. The maximum Gasteiger partial charge on any atom is 0.244 e. The molecule has 0 aliphatic heterocycles. The van der Waals surface area contributed by atoms with Gasteiger partial charge in [0.25, 0.3) is 0 Å². The minimum Gasteiger partial charge on any atom is -0.354 e. The molecule has 0 unspecified atom stereocenters. The number of hydrogen-bond acceptors (Lipinski definition) is 4. The van der Waals surface area contributed by atoms with Gasteiger partial charge in [-0.15, -0.1) is 0 Å². The third kappa shape index (κ3) is 8.75. The van der Waals surface area contributed by atoms with E-state index in [-0.39, 0.29) is 17.9 Å². The van der Waals surface area contributed by atoms with E-state index in [4.69, 9.17) is 11.6 Å². The predicted molar refractivity (Wildman–Crippen MR) is 151 cm³/mol. The first-order valence-corrected chi connectivity index (χ1v) is 14.9. The Bertz CT molecular complexity index is 1160. The molecule has 0 saturated heterocycles. The van der Waals surface area contributed by atoms with E-state index < -0.39 is 28.5 Å². The van der Waals surface area contributed by atoms with E-state index >= 15 is 0 Å². The lowest BCUT2D eigenvalue weighted by atomic mass is 9.87. The van der Waals surface area contributed by atoms with Gasteiger partial charge in [0.05, 0.1) is 11.9 Å². The van der Waals surface area contributed by atoms with Gasteiger partial charge in [0.2, 0.25) is 21.8 Å². The van der Waals surface area contributed by atoms with Crippen molar-refractivity contribution in [1.82, 2.24) is 10.2 Å². The number of hydrogen-bond donors (Lipinski definition) is 1. The number of anilines is 1. The summed E-state index contributed by atoms with van der Waals surface area (Å²) in [4.78, 5) is 28.3. The summed E-state index contributed by atoms with van der Waals surface area (Å²) in [5.41, 5.74) is 2.01. The molecular formula is C28H40ClN3O4S. The minimum atomic E-state index is -3.79. The quantitative estimate of drug-likeness (QED) is 0.372. The Labute approximate surface area is 227 Å². The number of nitrogens with zero attached hydrogens (tertiary/aromatic N) is 2. The van der Waals surface area contributed by atoms with Crippen molar-refractivity contribution < 1.29 is 18.0 Å². The summed E-state index contributed by atoms with van der Waals surface area (Å²) in [6, 6.07) is 13.5. The third-order valence-electron chi connectivity index (χ3n) is 6.21. The first-order chi connectivity index (χ1) is 17.3. The molecule has 7 nitrogen and oxygen atoms in total. The van der Waals surface area contributed by atoms with Gasteiger partial charge in [0.15, 0.2) is 0 Å². The minimum absolute atomic E-state index is 0.0821. The van der Waals surface area contributed by atoms with E-state index in [1.807, 2.05) is 32.0 Å². The summed E-state index contributed by atoms with van der Waals surface area (Å²) in [6.45, 7) is 10.2. The molecule has 0 aromatic heterocycles. The Morgan fingerprint density at radius 1 is 1.03 bits per heavy atom. The molecule has 2 aromatic rings. The van der Waals surface area contributed by atoms with Crippen LogP contribution in [0.5, 0.6) is 0 Å². The Morgan fingerprint density at radius 2 is 1.65 bits per heavy atom. The molecule has 1 N–H and O–H groups in total. The number of rotatable bonds is 12. The van der Waals surface area contributed by atoms with Crippen molar-refractivity contribution in [2.24, 2.45) is 0 Å². The zero-order chi connectivity index (χ0) is 27.8.